The maximum absolute atomic E-state index is 13.0. The third-order valence-electron chi connectivity index (χ3n) is 2.98. The van der Waals surface area contributed by atoms with Crippen molar-refractivity contribution in [1.82, 2.24) is 0 Å². The Labute approximate surface area is 113 Å². The van der Waals surface area contributed by atoms with Crippen molar-refractivity contribution < 1.29 is 9.13 Å². The lowest BCUT2D eigenvalue weighted by molar-refractivity contribution is 0.476. The molecule has 0 aliphatic rings. The van der Waals surface area contributed by atoms with Crippen LogP contribution in [0.2, 0.25) is 0 Å². The first-order valence-corrected chi connectivity index (χ1v) is 6.45. The van der Waals surface area contributed by atoms with E-state index in [9.17, 15) is 4.39 Å². The van der Waals surface area contributed by atoms with E-state index in [0.717, 1.165) is 12.8 Å². The van der Waals surface area contributed by atoms with Gasteiger partial charge in [-0.3, -0.25) is 0 Å². The summed E-state index contributed by atoms with van der Waals surface area (Å²) in [5, 5.41) is 0. The summed E-state index contributed by atoms with van der Waals surface area (Å²) in [5.41, 5.74) is 7.09. The summed E-state index contributed by atoms with van der Waals surface area (Å²) in [4.78, 5) is 0. The molecule has 0 radical (unpaired) electrons. The molecule has 2 nitrogen and oxygen atoms in total. The molecule has 0 aliphatic heterocycles. The number of hydrogen-bond donors (Lipinski definition) is 1. The average Bonchev–Trinajstić information content (AvgIpc) is 2.41. The van der Waals surface area contributed by atoms with Crippen molar-refractivity contribution in [2.75, 3.05) is 0 Å². The molecule has 0 heterocycles. The zero-order chi connectivity index (χ0) is 13.7. The number of nitrogens with two attached hydrogens (primary N) is 1. The average molecular weight is 259 g/mol. The maximum Gasteiger partial charge on any atom is 0.130 e. The van der Waals surface area contributed by atoms with Crippen LogP contribution < -0.4 is 10.5 Å². The zero-order valence-electron chi connectivity index (χ0n) is 11.0. The molecule has 2 N–H and O–H groups in total. The summed E-state index contributed by atoms with van der Waals surface area (Å²) >= 11 is 0. The fraction of sp³-hybridized carbons (Fsp3) is 0.250. The highest BCUT2D eigenvalue weighted by molar-refractivity contribution is 5.33. The third kappa shape index (κ3) is 4.07. The van der Waals surface area contributed by atoms with Gasteiger partial charge >= 0.3 is 0 Å². The van der Waals surface area contributed by atoms with Crippen LogP contribution in [-0.2, 0) is 6.42 Å². The van der Waals surface area contributed by atoms with Gasteiger partial charge in [0.25, 0.3) is 0 Å². The van der Waals surface area contributed by atoms with Gasteiger partial charge in [-0.25, -0.2) is 4.39 Å². The summed E-state index contributed by atoms with van der Waals surface area (Å²) in [7, 11) is 0. The minimum absolute atomic E-state index is 0.190. The Balaban J connectivity index is 2.02. The van der Waals surface area contributed by atoms with E-state index in [0.29, 0.717) is 11.5 Å². The molecule has 0 saturated carbocycles. The number of ether oxygens (including phenoxy) is 1. The first-order chi connectivity index (χ1) is 9.17. The molecule has 0 aromatic heterocycles. The molecule has 100 valence electrons. The van der Waals surface area contributed by atoms with E-state index in [2.05, 4.69) is 6.92 Å². The highest BCUT2D eigenvalue weighted by Gasteiger charge is 2.03. The highest BCUT2D eigenvalue weighted by Crippen LogP contribution is 2.22. The van der Waals surface area contributed by atoms with Crippen LogP contribution in [0.1, 0.15) is 18.9 Å². The molecule has 0 fully saturated rings. The normalized spacial score (nSPS) is 12.2. The molecular formula is C16H18FNO. The summed E-state index contributed by atoms with van der Waals surface area (Å²) in [6.45, 7) is 2.08. The smallest absolute Gasteiger partial charge is 0.130 e. The Hall–Kier alpha value is -1.87. The number of halogens is 1. The third-order valence-corrected chi connectivity index (χ3v) is 2.98. The molecule has 1 atom stereocenters. The summed E-state index contributed by atoms with van der Waals surface area (Å²) < 4.78 is 18.6. The molecule has 0 bridgehead atoms. The predicted octanol–water partition coefficient (Wildman–Crippen LogP) is 3.90. The second kappa shape index (κ2) is 6.34. The van der Waals surface area contributed by atoms with Crippen LogP contribution in [-0.4, -0.2) is 6.04 Å². The van der Waals surface area contributed by atoms with E-state index >= 15 is 0 Å². The number of benzene rings is 2. The van der Waals surface area contributed by atoms with Crippen molar-refractivity contribution in [3.63, 3.8) is 0 Å². The molecule has 2 aromatic rings. The zero-order valence-corrected chi connectivity index (χ0v) is 11.0. The van der Waals surface area contributed by atoms with E-state index in [1.54, 1.807) is 12.1 Å². The Bertz CT molecular complexity index is 525. The molecule has 0 amide bonds. The van der Waals surface area contributed by atoms with Crippen LogP contribution in [0.3, 0.4) is 0 Å². The molecule has 0 spiro atoms. The summed E-state index contributed by atoms with van der Waals surface area (Å²) in [5.74, 6) is 0.889. The topological polar surface area (TPSA) is 35.2 Å². The van der Waals surface area contributed by atoms with E-state index < -0.39 is 0 Å². The van der Waals surface area contributed by atoms with Gasteiger partial charge in [-0.2, -0.15) is 0 Å². The quantitative estimate of drug-likeness (QED) is 0.883. The summed E-state index contributed by atoms with van der Waals surface area (Å²) in [6, 6.07) is 14.0. The van der Waals surface area contributed by atoms with Gasteiger partial charge in [0.2, 0.25) is 0 Å². The standard InChI is InChI=1S/C16H18FNO/c1-2-14(18)10-12-6-8-15(9-7-12)19-16-5-3-4-13(17)11-16/h3-9,11,14H,2,10,18H2,1H3. The van der Waals surface area contributed by atoms with E-state index in [-0.39, 0.29) is 11.9 Å². The van der Waals surface area contributed by atoms with Crippen LogP contribution in [0.5, 0.6) is 11.5 Å². The molecule has 3 heteroatoms. The van der Waals surface area contributed by atoms with Crippen LogP contribution in [0.4, 0.5) is 4.39 Å². The van der Waals surface area contributed by atoms with Crippen LogP contribution in [0.25, 0.3) is 0 Å². The molecule has 19 heavy (non-hydrogen) atoms. The van der Waals surface area contributed by atoms with Crippen molar-refractivity contribution in [2.24, 2.45) is 5.73 Å². The Morgan fingerprint density at radius 1 is 1.11 bits per heavy atom. The van der Waals surface area contributed by atoms with Crippen molar-refractivity contribution in [3.8, 4) is 11.5 Å². The molecule has 2 rings (SSSR count). The van der Waals surface area contributed by atoms with Gasteiger partial charge in [-0.05, 0) is 42.7 Å². The molecule has 0 saturated heterocycles. The predicted molar refractivity (Wildman–Crippen MR) is 74.9 cm³/mol. The second-order valence-corrected chi connectivity index (χ2v) is 4.58. The minimum atomic E-state index is -0.303. The second-order valence-electron chi connectivity index (χ2n) is 4.58. The maximum atomic E-state index is 13.0. The van der Waals surface area contributed by atoms with Crippen molar-refractivity contribution in [3.05, 3.63) is 59.9 Å². The molecule has 0 aliphatic carbocycles. The van der Waals surface area contributed by atoms with Gasteiger partial charge in [0, 0.05) is 12.1 Å². The van der Waals surface area contributed by atoms with Gasteiger partial charge in [0.15, 0.2) is 0 Å². The Morgan fingerprint density at radius 3 is 2.47 bits per heavy atom. The lowest BCUT2D eigenvalue weighted by Gasteiger charge is -2.10. The summed E-state index contributed by atoms with van der Waals surface area (Å²) in [6.07, 6.45) is 1.82. The SMILES string of the molecule is CCC(N)Cc1ccc(Oc2cccc(F)c2)cc1. The van der Waals surface area contributed by atoms with Crippen LogP contribution in [0.15, 0.2) is 48.5 Å². The molecule has 1 unspecified atom stereocenters. The molecular weight excluding hydrogens is 241 g/mol. The van der Waals surface area contributed by atoms with E-state index in [1.165, 1.54) is 17.7 Å². The Morgan fingerprint density at radius 2 is 1.84 bits per heavy atom. The van der Waals surface area contributed by atoms with Crippen molar-refractivity contribution in [1.29, 1.82) is 0 Å². The van der Waals surface area contributed by atoms with Gasteiger partial charge in [0.1, 0.15) is 17.3 Å². The Kier molecular flexibility index (Phi) is 4.53. The largest absolute Gasteiger partial charge is 0.457 e. The first kappa shape index (κ1) is 13.6. The van der Waals surface area contributed by atoms with Gasteiger partial charge in [-0.15, -0.1) is 0 Å². The van der Waals surface area contributed by atoms with Crippen molar-refractivity contribution >= 4 is 0 Å². The highest BCUT2D eigenvalue weighted by atomic mass is 19.1. The van der Waals surface area contributed by atoms with Crippen LogP contribution >= 0.6 is 0 Å². The molecule has 2 aromatic carbocycles. The number of rotatable bonds is 5. The van der Waals surface area contributed by atoms with Crippen molar-refractivity contribution in [2.45, 2.75) is 25.8 Å². The van der Waals surface area contributed by atoms with E-state index in [1.807, 2.05) is 24.3 Å². The van der Waals surface area contributed by atoms with Gasteiger partial charge < -0.3 is 10.5 Å². The monoisotopic (exact) mass is 259 g/mol. The lowest BCUT2D eigenvalue weighted by atomic mass is 10.0. The number of hydrogen-bond acceptors (Lipinski definition) is 2. The minimum Gasteiger partial charge on any atom is -0.457 e. The van der Waals surface area contributed by atoms with Gasteiger partial charge in [0.05, 0.1) is 0 Å². The fourth-order valence-corrected chi connectivity index (χ4v) is 1.81. The van der Waals surface area contributed by atoms with Crippen LogP contribution in [0, 0.1) is 5.82 Å². The van der Waals surface area contributed by atoms with E-state index in [4.69, 9.17) is 10.5 Å². The fourth-order valence-electron chi connectivity index (χ4n) is 1.81. The van der Waals surface area contributed by atoms with Gasteiger partial charge in [-0.1, -0.05) is 25.1 Å². The lowest BCUT2D eigenvalue weighted by Crippen LogP contribution is -2.21. The first-order valence-electron chi connectivity index (χ1n) is 6.45.